The number of ether oxygens (including phenoxy) is 1. The number of piperidine rings is 1. The zero-order valence-electron chi connectivity index (χ0n) is 22.0. The lowest BCUT2D eigenvalue weighted by atomic mass is 9.89. The smallest absolute Gasteiger partial charge is 0.223 e. The number of benzene rings is 1. The van der Waals surface area contributed by atoms with E-state index in [0.29, 0.717) is 38.1 Å². The molecule has 0 spiro atoms. The predicted octanol–water partition coefficient (Wildman–Crippen LogP) is 3.73. The lowest BCUT2D eigenvalue weighted by Crippen LogP contribution is -2.44. The van der Waals surface area contributed by atoms with Crippen molar-refractivity contribution in [2.75, 3.05) is 31.6 Å². The maximum Gasteiger partial charge on any atom is 0.223 e. The van der Waals surface area contributed by atoms with Crippen LogP contribution >= 0.6 is 0 Å². The SMILES string of the molecule is Cc1c(-c2nc(N[C@@H]3CCOC[C@H]3O)ncc2F)ccc2ncc(CN3CC[C@@H](F)[C@H](O)C3)c(C(C)C)c12. The number of hydrogen-bond donors (Lipinski definition) is 3. The van der Waals surface area contributed by atoms with Crippen LogP contribution in [0.4, 0.5) is 14.7 Å². The zero-order valence-corrected chi connectivity index (χ0v) is 22.0. The summed E-state index contributed by atoms with van der Waals surface area (Å²) in [5.74, 6) is -0.142. The Morgan fingerprint density at radius 2 is 1.97 bits per heavy atom. The molecule has 0 unspecified atom stereocenters. The molecular weight excluding hydrogens is 492 g/mol. The van der Waals surface area contributed by atoms with Crippen molar-refractivity contribution in [3.05, 3.63) is 47.0 Å². The van der Waals surface area contributed by atoms with Crippen molar-refractivity contribution in [3.63, 3.8) is 0 Å². The summed E-state index contributed by atoms with van der Waals surface area (Å²) < 4.78 is 34.2. The largest absolute Gasteiger partial charge is 0.389 e. The Labute approximate surface area is 221 Å². The lowest BCUT2D eigenvalue weighted by Gasteiger charge is -2.33. The van der Waals surface area contributed by atoms with Crippen LogP contribution in [0.15, 0.2) is 24.5 Å². The maximum atomic E-state index is 15.1. The summed E-state index contributed by atoms with van der Waals surface area (Å²) >= 11 is 0. The Morgan fingerprint density at radius 3 is 2.71 bits per heavy atom. The predicted molar refractivity (Wildman–Crippen MR) is 141 cm³/mol. The Bertz CT molecular complexity index is 1310. The highest BCUT2D eigenvalue weighted by Gasteiger charge is 2.29. The van der Waals surface area contributed by atoms with Crippen LogP contribution in [-0.4, -0.2) is 80.8 Å². The van der Waals surface area contributed by atoms with Crippen LogP contribution in [0, 0.1) is 12.7 Å². The summed E-state index contributed by atoms with van der Waals surface area (Å²) in [6.07, 6.45) is 1.04. The number of aliphatic hydroxyl groups is 2. The van der Waals surface area contributed by atoms with Crippen LogP contribution in [0.3, 0.4) is 0 Å². The van der Waals surface area contributed by atoms with E-state index < -0.39 is 24.2 Å². The van der Waals surface area contributed by atoms with Gasteiger partial charge in [-0.3, -0.25) is 9.88 Å². The number of fused-ring (bicyclic) bond motifs is 1. The first-order valence-corrected chi connectivity index (χ1v) is 13.2. The number of likely N-dealkylation sites (tertiary alicyclic amines) is 1. The third-order valence-corrected chi connectivity index (χ3v) is 7.61. The molecule has 2 aliphatic rings. The number of rotatable bonds is 6. The van der Waals surface area contributed by atoms with Crippen LogP contribution in [0.5, 0.6) is 0 Å². The number of aliphatic hydroxyl groups excluding tert-OH is 2. The number of anilines is 1. The van der Waals surface area contributed by atoms with E-state index in [1.54, 1.807) is 0 Å². The molecule has 0 saturated carbocycles. The number of hydrogen-bond acceptors (Lipinski definition) is 8. The van der Waals surface area contributed by atoms with Crippen LogP contribution in [-0.2, 0) is 11.3 Å². The summed E-state index contributed by atoms with van der Waals surface area (Å²) in [6, 6.07) is 3.43. The summed E-state index contributed by atoms with van der Waals surface area (Å²) in [5.41, 5.74) is 4.59. The van der Waals surface area contributed by atoms with E-state index >= 15 is 4.39 Å². The second kappa shape index (κ2) is 11.1. The van der Waals surface area contributed by atoms with Crippen LogP contribution in [0.1, 0.15) is 49.3 Å². The number of nitrogens with zero attached hydrogens (tertiary/aromatic N) is 4. The Kier molecular flexibility index (Phi) is 7.85. The third kappa shape index (κ3) is 5.36. The van der Waals surface area contributed by atoms with Crippen molar-refractivity contribution >= 4 is 16.9 Å². The Balaban J connectivity index is 1.53. The van der Waals surface area contributed by atoms with Gasteiger partial charge in [-0.1, -0.05) is 19.9 Å². The molecule has 0 radical (unpaired) electrons. The Hall–Kier alpha value is -2.79. The van der Waals surface area contributed by atoms with Gasteiger partial charge in [-0.2, -0.15) is 0 Å². The molecule has 2 aliphatic heterocycles. The molecule has 4 heterocycles. The topological polar surface area (TPSA) is 104 Å². The molecule has 0 aliphatic carbocycles. The lowest BCUT2D eigenvalue weighted by molar-refractivity contribution is -0.0136. The molecule has 8 nitrogen and oxygen atoms in total. The average Bonchev–Trinajstić information content (AvgIpc) is 2.89. The molecule has 3 N–H and O–H groups in total. The quantitative estimate of drug-likeness (QED) is 0.446. The van der Waals surface area contributed by atoms with Gasteiger partial charge in [0.2, 0.25) is 5.95 Å². The summed E-state index contributed by atoms with van der Waals surface area (Å²) in [5, 5.41) is 24.4. The number of halogens is 2. The molecule has 2 aromatic heterocycles. The van der Waals surface area contributed by atoms with Crippen LogP contribution in [0.25, 0.3) is 22.2 Å². The first-order valence-electron chi connectivity index (χ1n) is 13.2. The summed E-state index contributed by atoms with van der Waals surface area (Å²) in [6.45, 7) is 8.31. The van der Waals surface area contributed by atoms with Crippen molar-refractivity contribution in [1.82, 2.24) is 19.9 Å². The third-order valence-electron chi connectivity index (χ3n) is 7.61. The maximum absolute atomic E-state index is 15.1. The van der Waals surface area contributed by atoms with Crippen molar-refractivity contribution in [1.29, 1.82) is 0 Å². The number of aromatic nitrogens is 3. The first-order chi connectivity index (χ1) is 18.2. The Morgan fingerprint density at radius 1 is 1.16 bits per heavy atom. The molecule has 2 saturated heterocycles. The first kappa shape index (κ1) is 26.8. The molecule has 2 fully saturated rings. The molecule has 38 heavy (non-hydrogen) atoms. The van der Waals surface area contributed by atoms with Crippen LogP contribution in [0.2, 0.25) is 0 Å². The van der Waals surface area contributed by atoms with E-state index in [1.165, 1.54) is 0 Å². The standard InChI is InChI=1S/C28H35F2N5O3/c1-15(2)25-17(12-35-8-6-19(29)23(36)13-35)10-31-22-5-4-18(16(3)26(22)25)27-20(30)11-32-28(34-27)33-21-7-9-38-14-24(21)37/h4-5,10-11,15,19,21,23-24,36-37H,6-9,12-14H2,1-3H3,(H,32,33,34)/t19-,21-,23-,24-/m1/s1. The van der Waals surface area contributed by atoms with Gasteiger partial charge in [-0.25, -0.2) is 18.7 Å². The van der Waals surface area contributed by atoms with Crippen molar-refractivity contribution in [2.45, 2.75) is 70.5 Å². The van der Waals surface area contributed by atoms with E-state index in [4.69, 9.17) is 9.72 Å². The minimum absolute atomic E-state index is 0.149. The van der Waals surface area contributed by atoms with Gasteiger partial charge in [0.25, 0.3) is 0 Å². The molecule has 1 aromatic carbocycles. The molecule has 5 rings (SSSR count). The number of pyridine rings is 1. The fourth-order valence-electron chi connectivity index (χ4n) is 5.60. The van der Waals surface area contributed by atoms with E-state index in [-0.39, 0.29) is 36.8 Å². The van der Waals surface area contributed by atoms with Crippen molar-refractivity contribution in [3.8, 4) is 11.3 Å². The fraction of sp³-hybridized carbons (Fsp3) is 0.536. The number of nitrogens with one attached hydrogen (secondary N) is 1. The number of alkyl halides is 1. The van der Waals surface area contributed by atoms with Gasteiger partial charge in [-0.15, -0.1) is 0 Å². The second-order valence-corrected chi connectivity index (χ2v) is 10.7. The highest BCUT2D eigenvalue weighted by atomic mass is 19.1. The molecule has 0 amide bonds. The molecule has 0 bridgehead atoms. The van der Waals surface area contributed by atoms with Gasteiger partial charge >= 0.3 is 0 Å². The van der Waals surface area contributed by atoms with Gasteiger partial charge in [0.15, 0.2) is 5.82 Å². The van der Waals surface area contributed by atoms with E-state index in [1.807, 2.05) is 25.3 Å². The van der Waals surface area contributed by atoms with Gasteiger partial charge in [0.1, 0.15) is 11.9 Å². The van der Waals surface area contributed by atoms with E-state index in [9.17, 15) is 14.6 Å². The molecule has 4 atom stereocenters. The number of β-amino-alcohol motifs (C(OH)–C–C–N with tert-alkyl or cyclic N) is 1. The van der Waals surface area contributed by atoms with Gasteiger partial charge in [-0.05, 0) is 48.4 Å². The van der Waals surface area contributed by atoms with Gasteiger partial charge in [0.05, 0.1) is 36.6 Å². The molecule has 10 heteroatoms. The number of aryl methyl sites for hydroxylation is 1. The molecule has 204 valence electrons. The van der Waals surface area contributed by atoms with Crippen molar-refractivity contribution < 1.29 is 23.7 Å². The highest BCUT2D eigenvalue weighted by Crippen LogP contribution is 2.36. The highest BCUT2D eigenvalue weighted by molar-refractivity contribution is 5.92. The minimum atomic E-state index is -1.19. The minimum Gasteiger partial charge on any atom is -0.389 e. The van der Waals surface area contributed by atoms with E-state index in [0.717, 1.165) is 33.8 Å². The van der Waals surface area contributed by atoms with Gasteiger partial charge in [0, 0.05) is 43.4 Å². The summed E-state index contributed by atoms with van der Waals surface area (Å²) in [4.78, 5) is 15.4. The van der Waals surface area contributed by atoms with E-state index in [2.05, 4.69) is 34.0 Å². The zero-order chi connectivity index (χ0) is 27.0. The van der Waals surface area contributed by atoms with Crippen molar-refractivity contribution in [2.24, 2.45) is 0 Å². The summed E-state index contributed by atoms with van der Waals surface area (Å²) in [7, 11) is 0. The van der Waals surface area contributed by atoms with Gasteiger partial charge < -0.3 is 20.3 Å². The fourth-order valence-corrected chi connectivity index (χ4v) is 5.60. The van der Waals surface area contributed by atoms with Crippen LogP contribution < -0.4 is 5.32 Å². The molecule has 3 aromatic rings. The second-order valence-electron chi connectivity index (χ2n) is 10.7. The normalized spacial score (nSPS) is 24.7. The molecular formula is C28H35F2N5O3. The average molecular weight is 528 g/mol. The monoisotopic (exact) mass is 527 g/mol.